The highest BCUT2D eigenvalue weighted by Crippen LogP contribution is 2.25. The van der Waals surface area contributed by atoms with Gasteiger partial charge in [0.05, 0.1) is 27.2 Å². The van der Waals surface area contributed by atoms with E-state index in [0.717, 1.165) is 0 Å². The summed E-state index contributed by atoms with van der Waals surface area (Å²) in [5.41, 5.74) is 1.64. The van der Waals surface area contributed by atoms with Crippen molar-refractivity contribution >= 4 is 46.1 Å². The molecule has 0 saturated carbocycles. The van der Waals surface area contributed by atoms with Crippen LogP contribution in [0.3, 0.4) is 0 Å². The topological polar surface area (TPSA) is 82.0 Å². The van der Waals surface area contributed by atoms with Crippen molar-refractivity contribution in [1.29, 1.82) is 5.26 Å². The van der Waals surface area contributed by atoms with Crippen LogP contribution in [0.15, 0.2) is 60.0 Å². The van der Waals surface area contributed by atoms with Gasteiger partial charge in [0.15, 0.2) is 0 Å². The van der Waals surface area contributed by atoms with Crippen LogP contribution in [0.1, 0.15) is 25.6 Å². The second kappa shape index (κ2) is 7.83. The Balaban J connectivity index is 1.79. The van der Waals surface area contributed by atoms with Crippen LogP contribution in [-0.4, -0.2) is 11.8 Å². The number of nitrogens with one attached hydrogen (secondary N) is 2. The number of nitrogens with zero attached hydrogens (tertiary/aromatic N) is 1. The van der Waals surface area contributed by atoms with Crippen LogP contribution in [-0.2, 0) is 0 Å². The van der Waals surface area contributed by atoms with Crippen LogP contribution in [0.5, 0.6) is 0 Å². The van der Waals surface area contributed by atoms with E-state index in [1.54, 1.807) is 53.9 Å². The van der Waals surface area contributed by atoms with Crippen molar-refractivity contribution < 1.29 is 9.59 Å². The fraction of sp³-hybridized carbons (Fsp3) is 0. The van der Waals surface area contributed by atoms with Gasteiger partial charge in [0.1, 0.15) is 0 Å². The number of nitriles is 1. The molecule has 0 aliphatic rings. The first-order valence-corrected chi connectivity index (χ1v) is 8.78. The number of hydrogen-bond acceptors (Lipinski definition) is 4. The Labute approximate surface area is 158 Å². The van der Waals surface area contributed by atoms with Crippen molar-refractivity contribution in [2.45, 2.75) is 0 Å². The van der Waals surface area contributed by atoms with Gasteiger partial charge in [0.25, 0.3) is 11.8 Å². The number of carbonyl (C=O) groups is 2. The van der Waals surface area contributed by atoms with Gasteiger partial charge in [-0.15, -0.1) is 11.3 Å². The fourth-order valence-electron chi connectivity index (χ4n) is 2.22. The predicted molar refractivity (Wildman–Crippen MR) is 103 cm³/mol. The van der Waals surface area contributed by atoms with E-state index < -0.39 is 0 Å². The highest BCUT2D eigenvalue weighted by Gasteiger charge is 2.13. The number of anilines is 2. The van der Waals surface area contributed by atoms with E-state index in [-0.39, 0.29) is 11.8 Å². The summed E-state index contributed by atoms with van der Waals surface area (Å²) in [6, 6.07) is 16.7. The zero-order valence-electron chi connectivity index (χ0n) is 13.3. The summed E-state index contributed by atoms with van der Waals surface area (Å²) < 4.78 is 0. The van der Waals surface area contributed by atoms with Crippen molar-refractivity contribution in [3.05, 3.63) is 81.0 Å². The Morgan fingerprint density at radius 3 is 2.58 bits per heavy atom. The third-order valence-electron chi connectivity index (χ3n) is 3.47. The molecule has 0 radical (unpaired) electrons. The van der Waals surface area contributed by atoms with E-state index in [1.807, 2.05) is 6.07 Å². The Morgan fingerprint density at radius 2 is 1.85 bits per heavy atom. The van der Waals surface area contributed by atoms with Crippen LogP contribution >= 0.6 is 22.9 Å². The van der Waals surface area contributed by atoms with E-state index in [9.17, 15) is 9.59 Å². The Kier molecular flexibility index (Phi) is 5.32. The summed E-state index contributed by atoms with van der Waals surface area (Å²) in [6.45, 7) is 0. The second-order valence-electron chi connectivity index (χ2n) is 5.27. The van der Waals surface area contributed by atoms with Crippen molar-refractivity contribution in [1.82, 2.24) is 0 Å². The molecule has 3 aromatic rings. The number of rotatable bonds is 4. The van der Waals surface area contributed by atoms with Crippen LogP contribution in [0.4, 0.5) is 11.4 Å². The molecule has 5 nitrogen and oxygen atoms in total. The quantitative estimate of drug-likeness (QED) is 0.682. The average molecular weight is 382 g/mol. The number of hydrogen-bond donors (Lipinski definition) is 2. The summed E-state index contributed by atoms with van der Waals surface area (Å²) in [5, 5.41) is 16.5. The normalized spacial score (nSPS) is 10.0. The fourth-order valence-corrected chi connectivity index (χ4v) is 3.01. The first-order chi connectivity index (χ1) is 12.6. The molecule has 0 bridgehead atoms. The number of halogens is 1. The number of amides is 2. The molecule has 0 saturated heterocycles. The smallest absolute Gasteiger partial charge is 0.265 e. The molecule has 0 spiro atoms. The van der Waals surface area contributed by atoms with E-state index in [0.29, 0.717) is 32.4 Å². The van der Waals surface area contributed by atoms with Gasteiger partial charge in [-0.1, -0.05) is 23.7 Å². The molecule has 3 rings (SSSR count). The van der Waals surface area contributed by atoms with Gasteiger partial charge in [-0.2, -0.15) is 5.26 Å². The second-order valence-corrected chi connectivity index (χ2v) is 6.63. The molecule has 1 heterocycles. The Morgan fingerprint density at radius 1 is 1.00 bits per heavy atom. The van der Waals surface area contributed by atoms with Crippen molar-refractivity contribution in [3.63, 3.8) is 0 Å². The highest BCUT2D eigenvalue weighted by atomic mass is 35.5. The first kappa shape index (κ1) is 17.7. The maximum Gasteiger partial charge on any atom is 0.265 e. The van der Waals surface area contributed by atoms with Crippen LogP contribution in [0.25, 0.3) is 0 Å². The lowest BCUT2D eigenvalue weighted by atomic mass is 10.1. The molecule has 2 aromatic carbocycles. The molecule has 2 N–H and O–H groups in total. The molecule has 1 aromatic heterocycles. The third kappa shape index (κ3) is 4.09. The van der Waals surface area contributed by atoms with Crippen LogP contribution in [0, 0.1) is 11.3 Å². The Hall–Kier alpha value is -3.14. The summed E-state index contributed by atoms with van der Waals surface area (Å²) in [7, 11) is 0. The minimum absolute atomic E-state index is 0.291. The predicted octanol–water partition coefficient (Wildman–Crippen LogP) is 4.78. The van der Waals surface area contributed by atoms with Gasteiger partial charge in [0, 0.05) is 11.3 Å². The highest BCUT2D eigenvalue weighted by molar-refractivity contribution is 7.12. The van der Waals surface area contributed by atoms with E-state index in [4.69, 9.17) is 16.9 Å². The largest absolute Gasteiger partial charge is 0.322 e. The SMILES string of the molecule is N#Cc1cccc(NC(=O)c2ccc(Cl)c(NC(=O)c3cccs3)c2)c1. The molecular formula is C19H12ClN3O2S. The maximum absolute atomic E-state index is 12.4. The van der Waals surface area contributed by atoms with E-state index in [2.05, 4.69) is 10.6 Å². The van der Waals surface area contributed by atoms with Gasteiger partial charge < -0.3 is 10.6 Å². The first-order valence-electron chi connectivity index (χ1n) is 7.53. The molecule has 26 heavy (non-hydrogen) atoms. The minimum Gasteiger partial charge on any atom is -0.322 e. The number of carbonyl (C=O) groups excluding carboxylic acids is 2. The van der Waals surface area contributed by atoms with E-state index >= 15 is 0 Å². The zero-order valence-corrected chi connectivity index (χ0v) is 14.9. The van der Waals surface area contributed by atoms with E-state index in [1.165, 1.54) is 17.4 Å². The zero-order chi connectivity index (χ0) is 18.5. The van der Waals surface area contributed by atoms with Gasteiger partial charge in [-0.05, 0) is 47.8 Å². The summed E-state index contributed by atoms with van der Waals surface area (Å²) in [6.07, 6.45) is 0. The summed E-state index contributed by atoms with van der Waals surface area (Å²) in [4.78, 5) is 25.2. The van der Waals surface area contributed by atoms with Crippen LogP contribution in [0.2, 0.25) is 5.02 Å². The Bertz CT molecular complexity index is 1010. The maximum atomic E-state index is 12.4. The number of benzene rings is 2. The molecule has 7 heteroatoms. The molecular weight excluding hydrogens is 370 g/mol. The van der Waals surface area contributed by atoms with Crippen LogP contribution < -0.4 is 10.6 Å². The van der Waals surface area contributed by atoms with Gasteiger partial charge >= 0.3 is 0 Å². The standard InChI is InChI=1S/C19H12ClN3O2S/c20-15-7-6-13(10-16(15)23-19(25)17-5-2-8-26-17)18(24)22-14-4-1-3-12(9-14)11-21/h1-10H,(H,22,24)(H,23,25). The molecule has 128 valence electrons. The van der Waals surface area contributed by atoms with Gasteiger partial charge in [-0.3, -0.25) is 9.59 Å². The third-order valence-corrected chi connectivity index (χ3v) is 4.67. The lowest BCUT2D eigenvalue weighted by Crippen LogP contribution is -2.14. The molecule has 0 aliphatic heterocycles. The summed E-state index contributed by atoms with van der Waals surface area (Å²) in [5.74, 6) is -0.662. The van der Waals surface area contributed by atoms with Crippen molar-refractivity contribution in [2.24, 2.45) is 0 Å². The monoisotopic (exact) mass is 381 g/mol. The molecule has 0 aliphatic carbocycles. The van der Waals surface area contributed by atoms with Gasteiger partial charge in [-0.25, -0.2) is 0 Å². The lowest BCUT2D eigenvalue weighted by molar-refractivity contribution is 0.101. The molecule has 0 unspecified atom stereocenters. The molecule has 0 fully saturated rings. The molecule has 2 amide bonds. The lowest BCUT2D eigenvalue weighted by Gasteiger charge is -2.10. The average Bonchev–Trinajstić information content (AvgIpc) is 3.18. The number of thiophene rings is 1. The van der Waals surface area contributed by atoms with Crippen molar-refractivity contribution in [3.8, 4) is 6.07 Å². The minimum atomic E-state index is -0.372. The molecule has 0 atom stereocenters. The van der Waals surface area contributed by atoms with Gasteiger partial charge in [0.2, 0.25) is 0 Å². The summed E-state index contributed by atoms with van der Waals surface area (Å²) >= 11 is 7.44. The van der Waals surface area contributed by atoms with Crippen molar-refractivity contribution in [2.75, 3.05) is 10.6 Å².